The molecule has 0 bridgehead atoms. The number of anilines is 3. The number of rotatable bonds is 18. The van der Waals surface area contributed by atoms with Crippen LogP contribution in [0.4, 0.5) is 17.1 Å². The fourth-order valence-electron chi connectivity index (χ4n) is 26.9. The highest BCUT2D eigenvalue weighted by Crippen LogP contribution is 2.71. The van der Waals surface area contributed by atoms with Crippen molar-refractivity contribution in [1.82, 2.24) is 0 Å². The molecule has 2 heterocycles. The summed E-state index contributed by atoms with van der Waals surface area (Å²) in [4.78, 5) is 2.61. The predicted molar refractivity (Wildman–Crippen MR) is 547 cm³/mol. The van der Waals surface area contributed by atoms with E-state index in [4.69, 9.17) is 8.83 Å². The Labute approximate surface area is 769 Å². The van der Waals surface area contributed by atoms with Crippen LogP contribution < -0.4 is 4.90 Å². The molecule has 17 aromatic carbocycles. The van der Waals surface area contributed by atoms with Crippen molar-refractivity contribution in [2.75, 3.05) is 4.90 Å². The van der Waals surface area contributed by atoms with E-state index >= 15 is 0 Å². The molecule has 0 fully saturated rings. The summed E-state index contributed by atoms with van der Waals surface area (Å²) < 4.78 is 14.2. The third-order valence-corrected chi connectivity index (χ3v) is 32.6. The summed E-state index contributed by atoms with van der Waals surface area (Å²) in [6.45, 7) is 21.4. The molecule has 0 unspecified atom stereocenters. The van der Waals surface area contributed by atoms with Gasteiger partial charge < -0.3 is 13.7 Å². The smallest absolute Gasteiger partial charge is 0.143 e. The Kier molecular flexibility index (Phi) is 17.2. The van der Waals surface area contributed by atoms with Crippen molar-refractivity contribution in [3.8, 4) is 111 Å². The van der Waals surface area contributed by atoms with Crippen molar-refractivity contribution in [3.05, 3.63) is 422 Å². The first kappa shape index (κ1) is 78.2. The maximum absolute atomic E-state index is 7.26. The van der Waals surface area contributed by atoms with Gasteiger partial charge in [0.05, 0.1) is 16.5 Å². The van der Waals surface area contributed by atoms with Crippen LogP contribution in [0.5, 0.6) is 0 Å². The number of nitrogens with zero attached hydrogens (tertiary/aromatic N) is 1. The van der Waals surface area contributed by atoms with Crippen molar-refractivity contribution in [2.45, 2.75) is 166 Å². The van der Waals surface area contributed by atoms with Crippen LogP contribution in [0.15, 0.2) is 336 Å². The summed E-state index contributed by atoms with van der Waals surface area (Å²) in [6.07, 6.45) is 15.4. The van der Waals surface area contributed by atoms with Gasteiger partial charge in [-0.2, -0.15) is 0 Å². The monoisotopic (exact) mass is 1690 g/mol. The van der Waals surface area contributed by atoms with Gasteiger partial charge in [-0.05, 0) is 307 Å². The first-order valence-electron chi connectivity index (χ1n) is 48.5. The summed E-state index contributed by atoms with van der Waals surface area (Å²) in [5, 5.41) is 4.61. The summed E-state index contributed by atoms with van der Waals surface area (Å²) in [5.41, 5.74) is 53.4. The Bertz CT molecular complexity index is 7990. The molecule has 26 rings (SSSR count). The van der Waals surface area contributed by atoms with Gasteiger partial charge in [-0.1, -0.05) is 360 Å². The molecule has 3 nitrogen and oxygen atoms in total. The fraction of sp³-hybridized carbons (Fsp3) is 0.203. The summed E-state index contributed by atoms with van der Waals surface area (Å²) in [7, 11) is 0. The predicted octanol–water partition coefficient (Wildman–Crippen LogP) is 35.2. The number of furan rings is 2. The maximum atomic E-state index is 7.26. The van der Waals surface area contributed by atoms with Gasteiger partial charge in [0.25, 0.3) is 0 Å². The molecule has 131 heavy (non-hydrogen) atoms. The Morgan fingerprint density at radius 2 is 0.641 bits per heavy atom. The van der Waals surface area contributed by atoms with Crippen LogP contribution in [0.3, 0.4) is 0 Å². The second-order valence-electron chi connectivity index (χ2n) is 40.3. The van der Waals surface area contributed by atoms with Crippen molar-refractivity contribution in [2.24, 2.45) is 0 Å². The van der Waals surface area contributed by atoms with E-state index in [1.54, 1.807) is 11.1 Å². The van der Waals surface area contributed by atoms with E-state index in [-0.39, 0.29) is 10.8 Å². The Morgan fingerprint density at radius 1 is 0.252 bits per heavy atom. The quantitative estimate of drug-likeness (QED) is 0.0802. The molecule has 0 saturated carbocycles. The summed E-state index contributed by atoms with van der Waals surface area (Å²) in [5.74, 6) is 0. The largest absolute Gasteiger partial charge is 0.456 e. The van der Waals surface area contributed by atoms with E-state index in [9.17, 15) is 0 Å². The second kappa shape index (κ2) is 28.8. The van der Waals surface area contributed by atoms with E-state index in [1.807, 2.05) is 0 Å². The lowest BCUT2D eigenvalue weighted by Crippen LogP contribution is -2.27. The summed E-state index contributed by atoms with van der Waals surface area (Å²) in [6, 6.07) is 128. The molecule has 0 amide bonds. The Balaban J connectivity index is 0.577. The zero-order valence-electron chi connectivity index (χ0n) is 76.4. The van der Waals surface area contributed by atoms with Gasteiger partial charge in [-0.15, -0.1) is 0 Å². The molecule has 0 aliphatic heterocycles. The van der Waals surface area contributed by atoms with Gasteiger partial charge >= 0.3 is 0 Å². The number of benzene rings is 17. The highest BCUT2D eigenvalue weighted by molar-refractivity contribution is 6.20. The Hall–Kier alpha value is -13.9. The maximum Gasteiger partial charge on any atom is 0.143 e. The van der Waals surface area contributed by atoms with E-state index in [0.29, 0.717) is 0 Å². The molecule has 634 valence electrons. The lowest BCUT2D eigenvalue weighted by molar-refractivity contribution is 0.399. The van der Waals surface area contributed by atoms with Gasteiger partial charge in [-0.3, -0.25) is 0 Å². The fourth-order valence-corrected chi connectivity index (χ4v) is 26.9. The van der Waals surface area contributed by atoms with E-state index in [0.717, 1.165) is 55.6 Å². The van der Waals surface area contributed by atoms with Crippen LogP contribution in [-0.4, -0.2) is 0 Å². The van der Waals surface area contributed by atoms with Crippen LogP contribution in [0.25, 0.3) is 155 Å². The van der Waals surface area contributed by atoms with Crippen LogP contribution in [0.2, 0.25) is 0 Å². The average Bonchev–Trinajstić information content (AvgIpc) is 1.48. The van der Waals surface area contributed by atoms with E-state index in [2.05, 4.69) is 395 Å². The van der Waals surface area contributed by atoms with Crippen LogP contribution >= 0.6 is 0 Å². The van der Waals surface area contributed by atoms with Gasteiger partial charge in [0.2, 0.25) is 0 Å². The van der Waals surface area contributed by atoms with Gasteiger partial charge in [0.15, 0.2) is 0 Å². The standard InChI is InChI=1S/C128H105NO2/c1-10-12-14-16-32-64-126(65-33-17-15-13-11-2)101-41-25-18-34-86(101)93-59-54-83(70-110(93)126)82-53-58-92-91-57-52-81(68-107(91)124(6,7)108(92)69-82)79-48-50-80(51-49-79)98-73-114-118(121-97-40-24-31-47-116(97)131-123(98)121)95-61-56-84(71-109(95)125(114,8)9)129(122-77(4)66-76(3)67-78(122)5)85-55-60-94-99-74-113-100(75-112(99)128(111(94)72-85)104-44-28-21-37-89(104)90-38-22-29-45-105(90)128)119-106(62-63-117-120(119)96-39-23-30-46-115(96)130-117)127(113)102-42-26-19-35-87(102)88-36-20-27-43-103(88)127/h18-31,34-63,66-75H,10-17,32-33,64-65H2,1-9H3. The van der Waals surface area contributed by atoms with Gasteiger partial charge in [-0.25, -0.2) is 0 Å². The minimum atomic E-state index is -0.704. The summed E-state index contributed by atoms with van der Waals surface area (Å²) >= 11 is 0. The van der Waals surface area contributed by atoms with Gasteiger partial charge in [0, 0.05) is 54.7 Å². The van der Waals surface area contributed by atoms with E-state index < -0.39 is 16.2 Å². The first-order chi connectivity index (χ1) is 64.1. The topological polar surface area (TPSA) is 29.5 Å². The molecule has 0 atom stereocenters. The number of aryl methyl sites for hydroxylation is 3. The number of fused-ring (bicyclic) bond motifs is 37. The van der Waals surface area contributed by atoms with E-state index in [1.165, 1.54) is 277 Å². The van der Waals surface area contributed by atoms with Gasteiger partial charge in [0.1, 0.15) is 22.3 Å². The minimum Gasteiger partial charge on any atom is -0.456 e. The number of unbranched alkanes of at least 4 members (excludes halogenated alkanes) is 8. The molecule has 19 aromatic rings. The molecule has 2 aromatic heterocycles. The number of hydrogen-bond acceptors (Lipinski definition) is 3. The molecular weight excluding hydrogens is 1580 g/mol. The molecule has 0 radical (unpaired) electrons. The normalized spacial score (nSPS) is 15.1. The third kappa shape index (κ3) is 10.8. The molecule has 0 N–H and O–H groups in total. The van der Waals surface area contributed by atoms with Crippen LogP contribution in [0.1, 0.15) is 213 Å². The lowest BCUT2D eigenvalue weighted by atomic mass is 9.68. The molecule has 2 spiro atoms. The zero-order valence-corrected chi connectivity index (χ0v) is 76.4. The first-order valence-corrected chi connectivity index (χ1v) is 48.5. The SMILES string of the molecule is CCCCCCCC1(CCCCCCC)c2ccccc2-c2ccc(-c3ccc4c(c3)C(C)(C)c3cc(-c5ccc(-c6cc7c(c8c6oc6ccccc68)-c6ccc(N(c8ccc9c(c8)C8(c%10ccccc%10-c%10ccccc%108)c8cc%10c(cc8-9)C8(c9ccccc9-c9ccccc98)c8ccc9oc%11ccccc%11c9c8-%10)c8c(C)cc(C)cc8C)cc6C7(C)C)cc5)ccc3-4)cc21. The molecular formula is C128H105NO2. The highest BCUT2D eigenvalue weighted by Gasteiger charge is 2.58. The third-order valence-electron chi connectivity index (χ3n) is 32.6. The number of para-hydroxylation sites is 2. The van der Waals surface area contributed by atoms with Crippen LogP contribution in [-0.2, 0) is 27.1 Å². The van der Waals surface area contributed by atoms with Crippen LogP contribution in [0, 0.1) is 20.8 Å². The number of hydrogen-bond donors (Lipinski definition) is 0. The molecule has 7 aliphatic carbocycles. The molecule has 0 saturated heterocycles. The highest BCUT2D eigenvalue weighted by atomic mass is 16.3. The second-order valence-corrected chi connectivity index (χ2v) is 40.3. The zero-order chi connectivity index (χ0) is 87.9. The average molecular weight is 1690 g/mol. The van der Waals surface area contributed by atoms with Crippen molar-refractivity contribution in [1.29, 1.82) is 0 Å². The molecule has 3 heteroatoms. The van der Waals surface area contributed by atoms with Crippen molar-refractivity contribution in [3.63, 3.8) is 0 Å². The van der Waals surface area contributed by atoms with Crippen molar-refractivity contribution < 1.29 is 8.83 Å². The Morgan fingerprint density at radius 3 is 1.22 bits per heavy atom. The lowest BCUT2D eigenvalue weighted by Gasteiger charge is -2.34. The minimum absolute atomic E-state index is 0.0333. The van der Waals surface area contributed by atoms with Crippen molar-refractivity contribution >= 4 is 60.9 Å². The molecule has 7 aliphatic rings.